The largest absolute Gasteiger partial charge is 0.478 e. The number of anilines is 4. The summed E-state index contributed by atoms with van der Waals surface area (Å²) in [5.41, 5.74) is 1.49. The summed E-state index contributed by atoms with van der Waals surface area (Å²) in [4.78, 5) is 19.8. The van der Waals surface area contributed by atoms with E-state index in [9.17, 15) is 9.90 Å². The van der Waals surface area contributed by atoms with Crippen LogP contribution in [0.5, 0.6) is 0 Å². The van der Waals surface area contributed by atoms with Gasteiger partial charge in [-0.05, 0) is 36.4 Å². The number of carbonyl (C=O) groups is 1. The van der Waals surface area contributed by atoms with Crippen molar-refractivity contribution in [3.05, 3.63) is 70.8 Å². The van der Waals surface area contributed by atoms with Crippen LogP contribution in [0.2, 0.25) is 0 Å². The van der Waals surface area contributed by atoms with Gasteiger partial charge in [-0.15, -0.1) is 0 Å². The second-order valence-electron chi connectivity index (χ2n) is 4.88. The molecule has 0 unspecified atom stereocenters. The highest BCUT2D eigenvalue weighted by molar-refractivity contribution is 9.10. The summed E-state index contributed by atoms with van der Waals surface area (Å²) in [6, 6.07) is 16.0. The van der Waals surface area contributed by atoms with Gasteiger partial charge in [-0.2, -0.15) is 4.98 Å². The number of hydrogen-bond acceptors (Lipinski definition) is 5. The summed E-state index contributed by atoms with van der Waals surface area (Å²) in [5.74, 6) is -0.0956. The van der Waals surface area contributed by atoms with E-state index in [1.54, 1.807) is 30.5 Å². The Morgan fingerprint density at radius 3 is 2.67 bits per heavy atom. The van der Waals surface area contributed by atoms with Crippen LogP contribution in [0.1, 0.15) is 10.4 Å². The highest BCUT2D eigenvalue weighted by Crippen LogP contribution is 2.22. The molecule has 0 saturated heterocycles. The molecule has 6 nitrogen and oxygen atoms in total. The second-order valence-corrected chi connectivity index (χ2v) is 5.79. The van der Waals surface area contributed by atoms with Gasteiger partial charge in [-0.3, -0.25) is 0 Å². The number of nitrogens with zero attached hydrogens (tertiary/aromatic N) is 2. The molecule has 0 aliphatic carbocycles. The van der Waals surface area contributed by atoms with E-state index in [4.69, 9.17) is 0 Å². The van der Waals surface area contributed by atoms with Crippen LogP contribution in [0.4, 0.5) is 23.1 Å². The molecule has 0 aliphatic heterocycles. The van der Waals surface area contributed by atoms with Crippen LogP contribution in [0, 0.1) is 0 Å². The molecule has 1 heterocycles. The maximum atomic E-state index is 11.3. The second kappa shape index (κ2) is 7.10. The number of benzene rings is 2. The SMILES string of the molecule is O=C(O)c1ccccc1Nc1ccnc(Nc2cccc(Br)c2)n1. The summed E-state index contributed by atoms with van der Waals surface area (Å²) in [7, 11) is 0. The van der Waals surface area contributed by atoms with Gasteiger partial charge in [-0.1, -0.05) is 34.1 Å². The van der Waals surface area contributed by atoms with Gasteiger partial charge in [0.25, 0.3) is 0 Å². The van der Waals surface area contributed by atoms with Crippen LogP contribution in [0.15, 0.2) is 65.3 Å². The summed E-state index contributed by atoms with van der Waals surface area (Å²) < 4.78 is 0.942. The molecular formula is C17H13BrN4O2. The Morgan fingerprint density at radius 2 is 1.88 bits per heavy atom. The van der Waals surface area contributed by atoms with Crippen molar-refractivity contribution in [2.75, 3.05) is 10.6 Å². The Bertz CT molecular complexity index is 886. The Hall–Kier alpha value is -2.93. The van der Waals surface area contributed by atoms with Gasteiger partial charge < -0.3 is 15.7 Å². The lowest BCUT2D eigenvalue weighted by molar-refractivity contribution is 0.0698. The number of para-hydroxylation sites is 1. The number of halogens is 1. The minimum absolute atomic E-state index is 0.178. The van der Waals surface area contributed by atoms with E-state index in [1.807, 2.05) is 24.3 Å². The Labute approximate surface area is 146 Å². The number of nitrogens with one attached hydrogen (secondary N) is 2. The molecule has 0 saturated carbocycles. The molecular weight excluding hydrogens is 372 g/mol. The predicted octanol–water partition coefficient (Wildman–Crippen LogP) is 4.42. The molecule has 0 spiro atoms. The third-order valence-corrected chi connectivity index (χ3v) is 3.65. The Kier molecular flexibility index (Phi) is 4.72. The maximum absolute atomic E-state index is 11.3. The number of hydrogen-bond donors (Lipinski definition) is 3. The molecule has 2 aromatic carbocycles. The van der Waals surface area contributed by atoms with E-state index < -0.39 is 5.97 Å². The van der Waals surface area contributed by atoms with E-state index >= 15 is 0 Å². The highest BCUT2D eigenvalue weighted by atomic mass is 79.9. The van der Waals surface area contributed by atoms with Crippen molar-refractivity contribution < 1.29 is 9.90 Å². The van der Waals surface area contributed by atoms with Crippen molar-refractivity contribution in [1.82, 2.24) is 9.97 Å². The lowest BCUT2D eigenvalue weighted by Crippen LogP contribution is -2.04. The molecule has 3 aromatic rings. The Balaban J connectivity index is 1.82. The zero-order valence-electron chi connectivity index (χ0n) is 12.4. The first-order chi connectivity index (χ1) is 11.6. The Morgan fingerprint density at radius 1 is 1.04 bits per heavy atom. The predicted molar refractivity (Wildman–Crippen MR) is 96.1 cm³/mol. The molecule has 1 aromatic heterocycles. The first-order valence-corrected chi connectivity index (χ1v) is 7.86. The molecule has 0 bridgehead atoms. The van der Waals surface area contributed by atoms with Crippen molar-refractivity contribution in [2.24, 2.45) is 0 Å². The smallest absolute Gasteiger partial charge is 0.337 e. The fourth-order valence-corrected chi connectivity index (χ4v) is 2.50. The van der Waals surface area contributed by atoms with Gasteiger partial charge in [0.1, 0.15) is 5.82 Å². The third kappa shape index (κ3) is 3.88. The number of carboxylic acid groups (broad SMARTS) is 1. The highest BCUT2D eigenvalue weighted by Gasteiger charge is 2.10. The molecule has 3 N–H and O–H groups in total. The maximum Gasteiger partial charge on any atom is 0.337 e. The fraction of sp³-hybridized carbons (Fsp3) is 0. The minimum atomic E-state index is -1.00. The molecule has 0 fully saturated rings. The van der Waals surface area contributed by atoms with Crippen LogP contribution in [-0.4, -0.2) is 21.0 Å². The summed E-state index contributed by atoms with van der Waals surface area (Å²) in [6.45, 7) is 0. The molecule has 24 heavy (non-hydrogen) atoms. The van der Waals surface area contributed by atoms with Crippen molar-refractivity contribution in [3.8, 4) is 0 Å². The average molecular weight is 385 g/mol. The zero-order valence-corrected chi connectivity index (χ0v) is 14.0. The summed E-state index contributed by atoms with van der Waals surface area (Å²) >= 11 is 3.41. The van der Waals surface area contributed by atoms with E-state index in [0.29, 0.717) is 17.5 Å². The number of rotatable bonds is 5. The zero-order chi connectivity index (χ0) is 16.9. The topological polar surface area (TPSA) is 87.1 Å². The molecule has 7 heteroatoms. The first kappa shape index (κ1) is 15.9. The van der Waals surface area contributed by atoms with Gasteiger partial charge in [0.05, 0.1) is 11.3 Å². The van der Waals surface area contributed by atoms with Crippen LogP contribution < -0.4 is 10.6 Å². The van der Waals surface area contributed by atoms with Crippen LogP contribution in [0.25, 0.3) is 0 Å². The van der Waals surface area contributed by atoms with E-state index in [-0.39, 0.29) is 5.56 Å². The average Bonchev–Trinajstić information content (AvgIpc) is 2.55. The van der Waals surface area contributed by atoms with E-state index in [2.05, 4.69) is 36.5 Å². The van der Waals surface area contributed by atoms with Gasteiger partial charge in [-0.25, -0.2) is 9.78 Å². The van der Waals surface area contributed by atoms with E-state index in [1.165, 1.54) is 6.07 Å². The van der Waals surface area contributed by atoms with E-state index in [0.717, 1.165) is 10.2 Å². The first-order valence-electron chi connectivity index (χ1n) is 7.07. The van der Waals surface area contributed by atoms with Gasteiger partial charge in [0.2, 0.25) is 5.95 Å². The lowest BCUT2D eigenvalue weighted by atomic mass is 10.2. The molecule has 0 radical (unpaired) electrons. The quantitative estimate of drug-likeness (QED) is 0.603. The number of aromatic carboxylic acids is 1. The van der Waals surface area contributed by atoms with Crippen molar-refractivity contribution >= 4 is 45.0 Å². The van der Waals surface area contributed by atoms with Crippen LogP contribution in [-0.2, 0) is 0 Å². The number of aromatic nitrogens is 2. The normalized spacial score (nSPS) is 10.2. The molecule has 0 atom stereocenters. The minimum Gasteiger partial charge on any atom is -0.478 e. The summed E-state index contributed by atoms with van der Waals surface area (Å²) in [5, 5.41) is 15.3. The summed E-state index contributed by atoms with van der Waals surface area (Å²) in [6.07, 6.45) is 1.60. The van der Waals surface area contributed by atoms with Crippen LogP contribution >= 0.6 is 15.9 Å². The van der Waals surface area contributed by atoms with Gasteiger partial charge in [0.15, 0.2) is 0 Å². The van der Waals surface area contributed by atoms with Crippen molar-refractivity contribution in [1.29, 1.82) is 0 Å². The molecule has 3 rings (SSSR count). The molecule has 0 amide bonds. The van der Waals surface area contributed by atoms with Gasteiger partial charge in [0, 0.05) is 16.4 Å². The fourth-order valence-electron chi connectivity index (χ4n) is 2.10. The number of carboxylic acids is 1. The van der Waals surface area contributed by atoms with Crippen LogP contribution in [0.3, 0.4) is 0 Å². The monoisotopic (exact) mass is 384 g/mol. The van der Waals surface area contributed by atoms with Crippen molar-refractivity contribution in [2.45, 2.75) is 0 Å². The molecule has 0 aliphatic rings. The van der Waals surface area contributed by atoms with Gasteiger partial charge >= 0.3 is 5.97 Å². The molecule has 120 valence electrons. The van der Waals surface area contributed by atoms with Crippen molar-refractivity contribution in [3.63, 3.8) is 0 Å². The third-order valence-electron chi connectivity index (χ3n) is 3.16. The lowest BCUT2D eigenvalue weighted by Gasteiger charge is -2.10. The standard InChI is InChI=1S/C17H13BrN4O2/c18-11-4-3-5-12(10-11)20-17-19-9-8-15(22-17)21-14-7-2-1-6-13(14)16(23)24/h1-10H,(H,23,24)(H2,19,20,21,22).